The van der Waals surface area contributed by atoms with Crippen LogP contribution in [0.1, 0.15) is 16.9 Å². The van der Waals surface area contributed by atoms with Crippen LogP contribution in [-0.2, 0) is 17.7 Å². The molecule has 0 aliphatic heterocycles. The summed E-state index contributed by atoms with van der Waals surface area (Å²) in [5.74, 6) is 1.55. The number of guanidine groups is 1. The number of rotatable bonds is 10. The van der Waals surface area contributed by atoms with E-state index in [2.05, 4.69) is 20.4 Å². The number of benzene rings is 1. The minimum absolute atomic E-state index is 0. The van der Waals surface area contributed by atoms with Crippen molar-refractivity contribution in [3.63, 3.8) is 0 Å². The highest BCUT2D eigenvalue weighted by Gasteiger charge is 2.10. The zero-order chi connectivity index (χ0) is 19.5. The molecule has 2 N–H and O–H groups in total. The minimum Gasteiger partial charge on any atom is -0.469 e. The molecule has 1 aromatic heterocycles. The summed E-state index contributed by atoms with van der Waals surface area (Å²) in [5.41, 5.74) is 1.54. The number of alkyl halides is 2. The SMILES string of the molecule is COCCNC(=NCc1cc(C)ccc1OC(F)F)NCCc1ccco1.I. The van der Waals surface area contributed by atoms with Crippen molar-refractivity contribution in [1.82, 2.24) is 10.6 Å². The molecule has 0 aliphatic rings. The van der Waals surface area contributed by atoms with Crippen molar-refractivity contribution in [2.75, 3.05) is 26.8 Å². The molecule has 0 saturated heterocycles. The first kappa shape index (κ1) is 24.2. The lowest BCUT2D eigenvalue weighted by atomic mass is 10.1. The molecule has 1 aromatic carbocycles. The summed E-state index contributed by atoms with van der Waals surface area (Å²) in [5, 5.41) is 6.34. The van der Waals surface area contributed by atoms with Gasteiger partial charge in [0.1, 0.15) is 11.5 Å². The van der Waals surface area contributed by atoms with Crippen molar-refractivity contribution in [2.45, 2.75) is 26.5 Å². The summed E-state index contributed by atoms with van der Waals surface area (Å²) >= 11 is 0. The Morgan fingerprint density at radius 1 is 1.21 bits per heavy atom. The van der Waals surface area contributed by atoms with Crippen LogP contribution in [0.25, 0.3) is 0 Å². The smallest absolute Gasteiger partial charge is 0.387 e. The third-order valence-corrected chi connectivity index (χ3v) is 3.68. The molecule has 0 fully saturated rings. The topological polar surface area (TPSA) is 68.0 Å². The van der Waals surface area contributed by atoms with E-state index in [4.69, 9.17) is 9.15 Å². The summed E-state index contributed by atoms with van der Waals surface area (Å²) in [7, 11) is 1.61. The zero-order valence-electron chi connectivity index (χ0n) is 15.9. The van der Waals surface area contributed by atoms with E-state index in [0.29, 0.717) is 37.6 Å². The molecule has 0 unspecified atom stereocenters. The first-order valence-electron chi connectivity index (χ1n) is 8.66. The summed E-state index contributed by atoms with van der Waals surface area (Å²) in [6.07, 6.45) is 2.33. The summed E-state index contributed by atoms with van der Waals surface area (Å²) in [4.78, 5) is 4.48. The number of nitrogens with zero attached hydrogens (tertiary/aromatic N) is 1. The lowest BCUT2D eigenvalue weighted by molar-refractivity contribution is -0.0504. The molecule has 2 aromatic rings. The van der Waals surface area contributed by atoms with E-state index < -0.39 is 6.61 Å². The van der Waals surface area contributed by atoms with Gasteiger partial charge in [-0.15, -0.1) is 24.0 Å². The maximum absolute atomic E-state index is 12.6. The van der Waals surface area contributed by atoms with Crippen LogP contribution in [0.4, 0.5) is 8.78 Å². The number of methoxy groups -OCH3 is 1. The second-order valence-corrected chi connectivity index (χ2v) is 5.83. The Balaban J connectivity index is 0.00000392. The van der Waals surface area contributed by atoms with E-state index in [-0.39, 0.29) is 36.3 Å². The number of ether oxygens (including phenoxy) is 2. The third-order valence-electron chi connectivity index (χ3n) is 3.68. The normalized spacial score (nSPS) is 11.2. The second kappa shape index (κ2) is 13.3. The Kier molecular flexibility index (Phi) is 11.5. The average Bonchev–Trinajstić information content (AvgIpc) is 3.14. The zero-order valence-corrected chi connectivity index (χ0v) is 18.2. The Morgan fingerprint density at radius 2 is 2.00 bits per heavy atom. The van der Waals surface area contributed by atoms with Gasteiger partial charge in [-0.1, -0.05) is 17.7 Å². The molecule has 2 rings (SSSR count). The monoisotopic (exact) mass is 509 g/mol. The molecule has 0 radical (unpaired) electrons. The van der Waals surface area contributed by atoms with Crippen LogP contribution in [0.2, 0.25) is 0 Å². The molecule has 0 atom stereocenters. The summed E-state index contributed by atoms with van der Waals surface area (Å²) in [6.45, 7) is 0.910. The lowest BCUT2D eigenvalue weighted by Gasteiger charge is -2.14. The Hall–Kier alpha value is -1.88. The molecule has 0 spiro atoms. The van der Waals surface area contributed by atoms with Gasteiger partial charge in [0.2, 0.25) is 0 Å². The van der Waals surface area contributed by atoms with Gasteiger partial charge in [-0.25, -0.2) is 4.99 Å². The van der Waals surface area contributed by atoms with Gasteiger partial charge in [0, 0.05) is 32.2 Å². The van der Waals surface area contributed by atoms with Crippen molar-refractivity contribution in [1.29, 1.82) is 0 Å². The van der Waals surface area contributed by atoms with Crippen molar-refractivity contribution in [3.8, 4) is 5.75 Å². The fourth-order valence-corrected chi connectivity index (χ4v) is 2.41. The molecule has 0 aliphatic carbocycles. The molecular weight excluding hydrogens is 483 g/mol. The Morgan fingerprint density at radius 3 is 2.68 bits per heavy atom. The fourth-order valence-electron chi connectivity index (χ4n) is 2.41. The summed E-state index contributed by atoms with van der Waals surface area (Å²) in [6, 6.07) is 8.79. The maximum atomic E-state index is 12.6. The van der Waals surface area contributed by atoms with E-state index in [1.807, 2.05) is 19.1 Å². The van der Waals surface area contributed by atoms with Gasteiger partial charge in [0.15, 0.2) is 5.96 Å². The number of halogens is 3. The molecule has 0 amide bonds. The van der Waals surface area contributed by atoms with E-state index in [0.717, 1.165) is 11.3 Å². The van der Waals surface area contributed by atoms with Gasteiger partial charge >= 0.3 is 6.61 Å². The number of hydrogen-bond donors (Lipinski definition) is 2. The van der Waals surface area contributed by atoms with Crippen LogP contribution >= 0.6 is 24.0 Å². The lowest BCUT2D eigenvalue weighted by Crippen LogP contribution is -2.40. The van der Waals surface area contributed by atoms with Gasteiger partial charge in [0.05, 0.1) is 19.4 Å². The molecule has 0 bridgehead atoms. The minimum atomic E-state index is -2.87. The molecule has 156 valence electrons. The van der Waals surface area contributed by atoms with Crippen molar-refractivity contribution in [2.24, 2.45) is 4.99 Å². The number of furan rings is 1. The molecule has 28 heavy (non-hydrogen) atoms. The number of hydrogen-bond acceptors (Lipinski definition) is 4. The Labute approximate surface area is 180 Å². The first-order valence-corrected chi connectivity index (χ1v) is 8.66. The van der Waals surface area contributed by atoms with Crippen LogP contribution in [0.5, 0.6) is 5.75 Å². The van der Waals surface area contributed by atoms with Crippen LogP contribution in [0.3, 0.4) is 0 Å². The van der Waals surface area contributed by atoms with Crippen molar-refractivity contribution >= 4 is 29.9 Å². The van der Waals surface area contributed by atoms with Gasteiger partial charge in [-0.3, -0.25) is 0 Å². The first-order chi connectivity index (χ1) is 13.1. The van der Waals surface area contributed by atoms with Gasteiger partial charge in [-0.05, 0) is 25.1 Å². The predicted octanol–water partition coefficient (Wildman–Crippen LogP) is 3.73. The third kappa shape index (κ3) is 8.87. The average molecular weight is 509 g/mol. The highest BCUT2D eigenvalue weighted by atomic mass is 127. The maximum Gasteiger partial charge on any atom is 0.387 e. The molecule has 9 heteroatoms. The molecule has 1 heterocycles. The van der Waals surface area contributed by atoms with E-state index >= 15 is 0 Å². The molecule has 6 nitrogen and oxygen atoms in total. The summed E-state index contributed by atoms with van der Waals surface area (Å²) < 4.78 is 40.1. The predicted molar refractivity (Wildman–Crippen MR) is 115 cm³/mol. The quantitative estimate of drug-likeness (QED) is 0.221. The number of aryl methyl sites for hydroxylation is 1. The number of nitrogens with one attached hydrogen (secondary N) is 2. The van der Waals surface area contributed by atoms with Gasteiger partial charge in [-0.2, -0.15) is 8.78 Å². The van der Waals surface area contributed by atoms with Gasteiger partial charge < -0.3 is 24.5 Å². The van der Waals surface area contributed by atoms with E-state index in [9.17, 15) is 8.78 Å². The van der Waals surface area contributed by atoms with E-state index in [1.54, 1.807) is 25.5 Å². The molecule has 0 saturated carbocycles. The van der Waals surface area contributed by atoms with Crippen molar-refractivity contribution < 1.29 is 22.7 Å². The van der Waals surface area contributed by atoms with E-state index in [1.165, 1.54) is 6.07 Å². The fraction of sp³-hybridized carbons (Fsp3) is 0.421. The van der Waals surface area contributed by atoms with Gasteiger partial charge in [0.25, 0.3) is 0 Å². The number of aliphatic imine (C=N–C) groups is 1. The van der Waals surface area contributed by atoms with Crippen LogP contribution in [-0.4, -0.2) is 39.4 Å². The van der Waals surface area contributed by atoms with Crippen LogP contribution < -0.4 is 15.4 Å². The van der Waals surface area contributed by atoms with Crippen molar-refractivity contribution in [3.05, 3.63) is 53.5 Å². The highest BCUT2D eigenvalue weighted by Crippen LogP contribution is 2.22. The largest absolute Gasteiger partial charge is 0.469 e. The van der Waals surface area contributed by atoms with Crippen LogP contribution in [0, 0.1) is 6.92 Å². The molecular formula is C19H26F2IN3O3. The highest BCUT2D eigenvalue weighted by molar-refractivity contribution is 14.0. The Bertz CT molecular complexity index is 712. The second-order valence-electron chi connectivity index (χ2n) is 5.83. The van der Waals surface area contributed by atoms with Crippen LogP contribution in [0.15, 0.2) is 46.0 Å². The standard InChI is InChI=1S/C19H25F2N3O3.HI/c1-14-5-6-17(27-18(20)21)15(12-14)13-24-19(23-9-11-25-2)22-8-7-16-4-3-10-26-16;/h3-6,10,12,18H,7-9,11,13H2,1-2H3,(H2,22,23,24);1H.